The molecular formula is C11H11F5N2O2. The van der Waals surface area contributed by atoms with Gasteiger partial charge in [0.25, 0.3) is 6.43 Å². The Labute approximate surface area is 110 Å². The topological polar surface area (TPSA) is 65.2 Å². The van der Waals surface area contributed by atoms with E-state index in [1.54, 1.807) is 0 Å². The molecule has 0 amide bonds. The maximum absolute atomic E-state index is 12.9. The number of ether oxygens (including phenoxy) is 1. The summed E-state index contributed by atoms with van der Waals surface area (Å²) in [6.07, 6.45) is -8.08. The molecule has 20 heavy (non-hydrogen) atoms. The van der Waals surface area contributed by atoms with Gasteiger partial charge in [-0.1, -0.05) is 0 Å². The monoisotopic (exact) mass is 298 g/mol. The first-order chi connectivity index (χ1) is 9.22. The van der Waals surface area contributed by atoms with Gasteiger partial charge in [-0.25, -0.2) is 18.6 Å². The average Bonchev–Trinajstić information content (AvgIpc) is 2.36. The van der Waals surface area contributed by atoms with E-state index in [2.05, 4.69) is 9.72 Å². The zero-order valence-corrected chi connectivity index (χ0v) is 10.3. The number of hydrogen-bond donors (Lipinski definition) is 1. The van der Waals surface area contributed by atoms with Crippen molar-refractivity contribution in [3.63, 3.8) is 0 Å². The van der Waals surface area contributed by atoms with Gasteiger partial charge in [-0.2, -0.15) is 13.2 Å². The van der Waals surface area contributed by atoms with E-state index in [0.717, 1.165) is 0 Å². The molecule has 0 aliphatic heterocycles. The summed E-state index contributed by atoms with van der Waals surface area (Å²) in [5, 5.41) is 0. The van der Waals surface area contributed by atoms with Crippen molar-refractivity contribution < 1.29 is 31.5 Å². The first-order valence-corrected chi connectivity index (χ1v) is 5.48. The minimum Gasteiger partial charge on any atom is -0.461 e. The lowest BCUT2D eigenvalue weighted by Gasteiger charge is -2.15. The van der Waals surface area contributed by atoms with Crippen LogP contribution in [-0.2, 0) is 17.5 Å². The molecule has 112 valence electrons. The number of aromatic nitrogens is 1. The van der Waals surface area contributed by atoms with Gasteiger partial charge in [0.1, 0.15) is 5.69 Å². The summed E-state index contributed by atoms with van der Waals surface area (Å²) in [6, 6.07) is 0.407. The Morgan fingerprint density at radius 3 is 2.45 bits per heavy atom. The van der Waals surface area contributed by atoms with Gasteiger partial charge in [0.15, 0.2) is 5.69 Å². The number of rotatable bonds is 4. The van der Waals surface area contributed by atoms with Crippen LogP contribution in [-0.4, -0.2) is 17.6 Å². The maximum Gasteiger partial charge on any atom is 0.433 e. The molecule has 0 radical (unpaired) electrons. The Morgan fingerprint density at radius 2 is 2.05 bits per heavy atom. The van der Waals surface area contributed by atoms with E-state index in [0.29, 0.717) is 6.07 Å². The van der Waals surface area contributed by atoms with E-state index in [9.17, 15) is 26.7 Å². The Morgan fingerprint density at radius 1 is 1.45 bits per heavy atom. The molecule has 2 N–H and O–H groups in total. The zero-order chi connectivity index (χ0) is 15.5. The molecule has 0 aliphatic rings. The third kappa shape index (κ3) is 3.41. The van der Waals surface area contributed by atoms with Gasteiger partial charge < -0.3 is 10.5 Å². The van der Waals surface area contributed by atoms with Crippen molar-refractivity contribution in [2.75, 3.05) is 6.61 Å². The second-order valence-corrected chi connectivity index (χ2v) is 3.65. The third-order valence-electron chi connectivity index (χ3n) is 2.34. The SMILES string of the molecule is CCOC(=O)c1nc(C(F)(F)F)cc(CN)c1C(F)F. The van der Waals surface area contributed by atoms with Crippen LogP contribution in [0.3, 0.4) is 0 Å². The summed E-state index contributed by atoms with van der Waals surface area (Å²) in [5.41, 5.74) is 1.21. The van der Waals surface area contributed by atoms with Crippen molar-refractivity contribution in [1.29, 1.82) is 0 Å². The van der Waals surface area contributed by atoms with Gasteiger partial charge in [0.05, 0.1) is 12.2 Å². The highest BCUT2D eigenvalue weighted by Gasteiger charge is 2.36. The lowest BCUT2D eigenvalue weighted by Crippen LogP contribution is -2.19. The van der Waals surface area contributed by atoms with E-state index in [-0.39, 0.29) is 6.61 Å². The lowest BCUT2D eigenvalue weighted by atomic mass is 10.0. The second kappa shape index (κ2) is 6.12. The molecule has 0 spiro atoms. The van der Waals surface area contributed by atoms with Crippen LogP contribution >= 0.6 is 0 Å². The van der Waals surface area contributed by atoms with Gasteiger partial charge in [-0.15, -0.1) is 0 Å². The molecule has 4 nitrogen and oxygen atoms in total. The van der Waals surface area contributed by atoms with Crippen molar-refractivity contribution in [3.05, 3.63) is 28.6 Å². The fraction of sp³-hybridized carbons (Fsp3) is 0.455. The van der Waals surface area contributed by atoms with Gasteiger partial charge in [-0.3, -0.25) is 0 Å². The van der Waals surface area contributed by atoms with Crippen molar-refractivity contribution in [3.8, 4) is 0 Å². The van der Waals surface area contributed by atoms with Crippen molar-refractivity contribution in [2.45, 2.75) is 26.1 Å². The van der Waals surface area contributed by atoms with Crippen molar-refractivity contribution >= 4 is 5.97 Å². The molecule has 0 atom stereocenters. The molecule has 9 heteroatoms. The normalized spacial score (nSPS) is 11.8. The largest absolute Gasteiger partial charge is 0.461 e. The molecular weight excluding hydrogens is 287 g/mol. The third-order valence-corrected chi connectivity index (χ3v) is 2.34. The summed E-state index contributed by atoms with van der Waals surface area (Å²) in [6.45, 7) is 0.618. The van der Waals surface area contributed by atoms with Crippen LogP contribution in [0.1, 0.15) is 40.7 Å². The van der Waals surface area contributed by atoms with E-state index in [4.69, 9.17) is 5.73 Å². The van der Waals surface area contributed by atoms with E-state index in [1.807, 2.05) is 0 Å². The van der Waals surface area contributed by atoms with Gasteiger partial charge in [-0.05, 0) is 18.6 Å². The number of nitrogens with zero attached hydrogens (tertiary/aromatic N) is 1. The lowest BCUT2D eigenvalue weighted by molar-refractivity contribution is -0.141. The molecule has 0 saturated carbocycles. The number of hydrogen-bond acceptors (Lipinski definition) is 4. The second-order valence-electron chi connectivity index (χ2n) is 3.65. The van der Waals surface area contributed by atoms with Crippen LogP contribution in [0.2, 0.25) is 0 Å². The van der Waals surface area contributed by atoms with Gasteiger partial charge >= 0.3 is 12.1 Å². The highest BCUT2D eigenvalue weighted by atomic mass is 19.4. The standard InChI is InChI=1S/C11H11F5N2O2/c1-2-20-10(19)8-7(9(12)13)5(4-17)3-6(18-8)11(14,15)16/h3,9H,2,4,17H2,1H3. The number of pyridine rings is 1. The predicted octanol–water partition coefficient (Wildman–Crippen LogP) is 2.67. The van der Waals surface area contributed by atoms with Crippen LogP contribution in [0.15, 0.2) is 6.07 Å². The molecule has 1 aromatic heterocycles. The summed E-state index contributed by atoms with van der Waals surface area (Å²) < 4.78 is 68.2. The maximum atomic E-state index is 12.9. The number of esters is 1. The van der Waals surface area contributed by atoms with Crippen LogP contribution < -0.4 is 5.73 Å². The Balaban J connectivity index is 3.54. The molecule has 0 aromatic carbocycles. The molecule has 1 heterocycles. The minimum absolute atomic E-state index is 0.183. The molecule has 1 rings (SSSR count). The number of nitrogens with two attached hydrogens (primary N) is 1. The fourth-order valence-electron chi connectivity index (χ4n) is 1.52. The van der Waals surface area contributed by atoms with Crippen LogP contribution in [0.4, 0.5) is 22.0 Å². The number of halogens is 5. The quantitative estimate of drug-likeness (QED) is 0.685. The first kappa shape index (κ1) is 16.3. The summed E-state index contributed by atoms with van der Waals surface area (Å²) in [5.74, 6) is -1.34. The summed E-state index contributed by atoms with van der Waals surface area (Å²) in [4.78, 5) is 14.4. The molecule has 1 aromatic rings. The Kier molecular flexibility index (Phi) is 4.98. The van der Waals surface area contributed by atoms with E-state index < -0.39 is 47.6 Å². The zero-order valence-electron chi connectivity index (χ0n) is 10.3. The predicted molar refractivity (Wildman–Crippen MR) is 58.0 cm³/mol. The van der Waals surface area contributed by atoms with Crippen LogP contribution in [0.5, 0.6) is 0 Å². The Bertz CT molecular complexity index is 502. The fourth-order valence-corrected chi connectivity index (χ4v) is 1.52. The highest BCUT2D eigenvalue weighted by molar-refractivity contribution is 5.89. The van der Waals surface area contributed by atoms with Crippen LogP contribution in [0, 0.1) is 0 Å². The average molecular weight is 298 g/mol. The molecule has 0 saturated heterocycles. The smallest absolute Gasteiger partial charge is 0.433 e. The molecule has 0 unspecified atom stereocenters. The van der Waals surface area contributed by atoms with Crippen molar-refractivity contribution in [2.24, 2.45) is 5.73 Å². The highest BCUT2D eigenvalue weighted by Crippen LogP contribution is 2.33. The van der Waals surface area contributed by atoms with Crippen LogP contribution in [0.25, 0.3) is 0 Å². The summed E-state index contributed by atoms with van der Waals surface area (Å²) in [7, 11) is 0. The van der Waals surface area contributed by atoms with Gasteiger partial charge in [0, 0.05) is 6.54 Å². The first-order valence-electron chi connectivity index (χ1n) is 5.48. The number of carbonyl (C=O) groups excluding carboxylic acids is 1. The minimum atomic E-state index is -4.88. The summed E-state index contributed by atoms with van der Waals surface area (Å²) >= 11 is 0. The van der Waals surface area contributed by atoms with E-state index in [1.165, 1.54) is 6.92 Å². The number of alkyl halides is 5. The van der Waals surface area contributed by atoms with E-state index >= 15 is 0 Å². The van der Waals surface area contributed by atoms with Gasteiger partial charge in [0.2, 0.25) is 0 Å². The Hall–Kier alpha value is -1.77. The van der Waals surface area contributed by atoms with Crippen molar-refractivity contribution in [1.82, 2.24) is 4.98 Å². The molecule has 0 aliphatic carbocycles. The number of carbonyl (C=O) groups is 1. The molecule has 0 bridgehead atoms. The molecule has 0 fully saturated rings.